The molecule has 2 rings (SSSR count). The molecule has 0 aliphatic rings. The highest BCUT2D eigenvalue weighted by molar-refractivity contribution is 8.93. The van der Waals surface area contributed by atoms with Crippen LogP contribution in [0.4, 0.5) is 0 Å². The first-order valence-corrected chi connectivity index (χ1v) is 6.91. The van der Waals surface area contributed by atoms with Gasteiger partial charge in [0.05, 0.1) is 5.75 Å². The molecule has 0 radical (unpaired) electrons. The fourth-order valence-electron chi connectivity index (χ4n) is 1.63. The molecule has 0 spiro atoms. The molecule has 2 aromatic rings. The SMILES string of the molecule is Br.CCc1ccc(C(=O)CSc2nccn2C)cc1. The number of hydrogen-bond acceptors (Lipinski definition) is 3. The first-order chi connectivity index (χ1) is 8.70. The van der Waals surface area contributed by atoms with Crippen molar-refractivity contribution in [3.05, 3.63) is 47.8 Å². The van der Waals surface area contributed by atoms with Crippen LogP contribution in [-0.2, 0) is 13.5 Å². The molecule has 1 aromatic carbocycles. The third-order valence-electron chi connectivity index (χ3n) is 2.79. The third-order valence-corrected chi connectivity index (χ3v) is 3.85. The number of aromatic nitrogens is 2. The fourth-order valence-corrected chi connectivity index (χ4v) is 2.46. The summed E-state index contributed by atoms with van der Waals surface area (Å²) in [5.74, 6) is 0.571. The number of aryl methyl sites for hydroxylation is 2. The van der Waals surface area contributed by atoms with Crippen molar-refractivity contribution in [2.24, 2.45) is 7.05 Å². The second-order valence-corrected chi connectivity index (χ2v) is 5.03. The van der Waals surface area contributed by atoms with Crippen LogP contribution >= 0.6 is 28.7 Å². The molecule has 0 saturated carbocycles. The maximum absolute atomic E-state index is 12.0. The molecule has 0 saturated heterocycles. The first kappa shape index (κ1) is 16.0. The Morgan fingerprint density at radius 1 is 1.32 bits per heavy atom. The largest absolute Gasteiger partial charge is 0.329 e. The molecule has 5 heteroatoms. The van der Waals surface area contributed by atoms with Crippen molar-refractivity contribution in [1.82, 2.24) is 9.55 Å². The Morgan fingerprint density at radius 2 is 2.00 bits per heavy atom. The van der Waals surface area contributed by atoms with E-state index in [9.17, 15) is 4.79 Å². The minimum absolute atomic E-state index is 0. The Kier molecular flexibility index (Phi) is 6.31. The molecule has 0 aliphatic heterocycles. The second-order valence-electron chi connectivity index (χ2n) is 4.08. The Bertz CT molecular complexity index is 537. The Labute approximate surface area is 128 Å². The second kappa shape index (κ2) is 7.50. The molecule has 102 valence electrons. The molecular weight excluding hydrogens is 324 g/mol. The molecule has 3 nitrogen and oxygen atoms in total. The van der Waals surface area contributed by atoms with Crippen LogP contribution in [0.5, 0.6) is 0 Å². The summed E-state index contributed by atoms with van der Waals surface area (Å²) in [6.45, 7) is 2.10. The average Bonchev–Trinajstić information content (AvgIpc) is 2.81. The molecule has 0 amide bonds. The van der Waals surface area contributed by atoms with Gasteiger partial charge in [0.1, 0.15) is 0 Å². The van der Waals surface area contributed by atoms with Gasteiger partial charge in [0.25, 0.3) is 0 Å². The molecular formula is C14H17BrN2OS. The number of Topliss-reactive ketones (excluding diaryl/α,β-unsaturated/α-hetero) is 1. The number of carbonyl (C=O) groups excluding carboxylic acids is 1. The number of thioether (sulfide) groups is 1. The summed E-state index contributed by atoms with van der Waals surface area (Å²) in [6, 6.07) is 7.83. The number of nitrogens with zero attached hydrogens (tertiary/aromatic N) is 2. The molecule has 19 heavy (non-hydrogen) atoms. The lowest BCUT2D eigenvalue weighted by Gasteiger charge is -2.03. The number of halogens is 1. The van der Waals surface area contributed by atoms with Crippen molar-refractivity contribution >= 4 is 34.5 Å². The van der Waals surface area contributed by atoms with E-state index in [2.05, 4.69) is 11.9 Å². The van der Waals surface area contributed by atoms with Crippen LogP contribution in [0.15, 0.2) is 41.8 Å². The fraction of sp³-hybridized carbons (Fsp3) is 0.286. The maximum Gasteiger partial charge on any atom is 0.173 e. The van der Waals surface area contributed by atoms with Crippen molar-refractivity contribution in [3.63, 3.8) is 0 Å². The van der Waals surface area contributed by atoms with Gasteiger partial charge in [0.2, 0.25) is 0 Å². The van der Waals surface area contributed by atoms with Gasteiger partial charge in [0, 0.05) is 25.0 Å². The van der Waals surface area contributed by atoms with Crippen molar-refractivity contribution in [3.8, 4) is 0 Å². The van der Waals surface area contributed by atoms with E-state index < -0.39 is 0 Å². The topological polar surface area (TPSA) is 34.9 Å². The summed E-state index contributed by atoms with van der Waals surface area (Å²) in [5.41, 5.74) is 2.03. The number of carbonyl (C=O) groups is 1. The lowest BCUT2D eigenvalue weighted by atomic mass is 10.1. The predicted molar refractivity (Wildman–Crippen MR) is 84.4 cm³/mol. The van der Waals surface area contributed by atoms with Crippen LogP contribution < -0.4 is 0 Å². The quantitative estimate of drug-likeness (QED) is 0.616. The van der Waals surface area contributed by atoms with Crippen molar-refractivity contribution in [2.45, 2.75) is 18.5 Å². The van der Waals surface area contributed by atoms with Gasteiger partial charge in [-0.15, -0.1) is 17.0 Å². The Balaban J connectivity index is 0.00000180. The lowest BCUT2D eigenvalue weighted by Crippen LogP contribution is -2.03. The number of hydrogen-bond donors (Lipinski definition) is 0. The zero-order valence-electron chi connectivity index (χ0n) is 11.0. The van der Waals surface area contributed by atoms with E-state index in [-0.39, 0.29) is 22.8 Å². The summed E-state index contributed by atoms with van der Waals surface area (Å²) in [4.78, 5) is 16.2. The number of benzene rings is 1. The summed E-state index contributed by atoms with van der Waals surface area (Å²) >= 11 is 1.47. The zero-order chi connectivity index (χ0) is 13.0. The summed E-state index contributed by atoms with van der Waals surface area (Å²) in [6.07, 6.45) is 4.61. The van der Waals surface area contributed by atoms with Crippen LogP contribution in [-0.4, -0.2) is 21.1 Å². The average molecular weight is 341 g/mol. The monoisotopic (exact) mass is 340 g/mol. The third kappa shape index (κ3) is 4.21. The minimum atomic E-state index is 0. The van der Waals surface area contributed by atoms with E-state index >= 15 is 0 Å². The van der Waals surface area contributed by atoms with Gasteiger partial charge in [0.15, 0.2) is 10.9 Å². The molecule has 0 N–H and O–H groups in total. The van der Waals surface area contributed by atoms with E-state index in [1.165, 1.54) is 17.3 Å². The predicted octanol–water partition coefficient (Wildman–Crippen LogP) is 3.54. The van der Waals surface area contributed by atoms with E-state index in [1.807, 2.05) is 42.1 Å². The van der Waals surface area contributed by atoms with Crippen LogP contribution in [0, 0.1) is 0 Å². The smallest absolute Gasteiger partial charge is 0.173 e. The van der Waals surface area contributed by atoms with Gasteiger partial charge in [-0.1, -0.05) is 43.0 Å². The molecule has 0 atom stereocenters. The van der Waals surface area contributed by atoms with E-state index in [1.54, 1.807) is 6.20 Å². The molecule has 0 aliphatic carbocycles. The highest BCUT2D eigenvalue weighted by atomic mass is 79.9. The van der Waals surface area contributed by atoms with Gasteiger partial charge < -0.3 is 4.57 Å². The molecule has 0 fully saturated rings. The maximum atomic E-state index is 12.0. The summed E-state index contributed by atoms with van der Waals surface area (Å²) in [5, 5.41) is 0.869. The summed E-state index contributed by atoms with van der Waals surface area (Å²) < 4.78 is 1.91. The van der Waals surface area contributed by atoms with Crippen LogP contribution in [0.2, 0.25) is 0 Å². The zero-order valence-corrected chi connectivity index (χ0v) is 13.5. The van der Waals surface area contributed by atoms with Gasteiger partial charge in [-0.2, -0.15) is 0 Å². The van der Waals surface area contributed by atoms with Crippen LogP contribution in [0.3, 0.4) is 0 Å². The van der Waals surface area contributed by atoms with Gasteiger partial charge in [-0.3, -0.25) is 4.79 Å². The Morgan fingerprint density at radius 3 is 2.53 bits per heavy atom. The van der Waals surface area contributed by atoms with Crippen LogP contribution in [0.1, 0.15) is 22.8 Å². The first-order valence-electron chi connectivity index (χ1n) is 5.93. The Hall–Kier alpha value is -1.07. The molecule has 1 aromatic heterocycles. The van der Waals surface area contributed by atoms with Gasteiger partial charge in [-0.25, -0.2) is 4.98 Å². The van der Waals surface area contributed by atoms with E-state index in [0.717, 1.165) is 17.1 Å². The van der Waals surface area contributed by atoms with E-state index in [4.69, 9.17) is 0 Å². The normalized spacial score (nSPS) is 10.0. The number of rotatable bonds is 5. The molecule has 1 heterocycles. The van der Waals surface area contributed by atoms with Crippen molar-refractivity contribution in [2.75, 3.05) is 5.75 Å². The molecule has 0 unspecified atom stereocenters. The standard InChI is InChI=1S/C14H16N2OS.BrH/c1-3-11-4-6-12(7-5-11)13(17)10-18-14-15-8-9-16(14)2;/h4-9H,3,10H2,1-2H3;1H. The van der Waals surface area contributed by atoms with Crippen molar-refractivity contribution in [1.29, 1.82) is 0 Å². The highest BCUT2D eigenvalue weighted by Gasteiger charge is 2.08. The van der Waals surface area contributed by atoms with Gasteiger partial charge in [-0.05, 0) is 12.0 Å². The lowest BCUT2D eigenvalue weighted by molar-refractivity contribution is 0.102. The molecule has 0 bridgehead atoms. The highest BCUT2D eigenvalue weighted by Crippen LogP contribution is 2.16. The van der Waals surface area contributed by atoms with E-state index in [0.29, 0.717) is 5.75 Å². The summed E-state index contributed by atoms with van der Waals surface area (Å²) in [7, 11) is 1.93. The number of ketones is 1. The van der Waals surface area contributed by atoms with Gasteiger partial charge >= 0.3 is 0 Å². The minimum Gasteiger partial charge on any atom is -0.329 e. The van der Waals surface area contributed by atoms with Crippen LogP contribution in [0.25, 0.3) is 0 Å². The number of imidazole rings is 1. The van der Waals surface area contributed by atoms with Crippen molar-refractivity contribution < 1.29 is 4.79 Å².